The number of rotatable bonds is 2. The minimum absolute atomic E-state index is 0.159. The number of aryl methyl sites for hydroxylation is 1. The number of benzene rings is 1. The summed E-state index contributed by atoms with van der Waals surface area (Å²) < 4.78 is 0. The molecule has 0 radical (unpaired) electrons. The number of aromatic amines is 1. The van der Waals surface area contributed by atoms with Crippen molar-refractivity contribution in [3.05, 3.63) is 34.5 Å². The third-order valence-corrected chi connectivity index (χ3v) is 3.70. The number of fused-ring (bicyclic) bond motifs is 1. The first kappa shape index (κ1) is 10.2. The highest BCUT2D eigenvalue weighted by atomic mass is 35.5. The van der Waals surface area contributed by atoms with Gasteiger partial charge >= 0.3 is 0 Å². The number of aromatic nitrogens is 1. The fourth-order valence-electron chi connectivity index (χ4n) is 2.44. The molecule has 0 spiro atoms. The largest absolute Gasteiger partial charge is 0.358 e. The standard InChI is InChI=1S/C13H15ClN2/c1-7-12(13(15)8-2-3-8)10-6-9(14)4-5-11(10)16-7/h4-6,8,13,16H,2-3,15H2,1H3. The first-order chi connectivity index (χ1) is 7.66. The van der Waals surface area contributed by atoms with E-state index in [0.717, 1.165) is 10.5 Å². The van der Waals surface area contributed by atoms with Crippen molar-refractivity contribution >= 4 is 22.5 Å². The molecule has 1 aliphatic carbocycles. The maximum Gasteiger partial charge on any atom is 0.0460 e. The molecule has 1 unspecified atom stereocenters. The summed E-state index contributed by atoms with van der Waals surface area (Å²) in [6.07, 6.45) is 2.52. The van der Waals surface area contributed by atoms with Crippen LogP contribution in [0.5, 0.6) is 0 Å². The van der Waals surface area contributed by atoms with E-state index in [9.17, 15) is 0 Å². The zero-order chi connectivity index (χ0) is 11.3. The highest BCUT2D eigenvalue weighted by Gasteiger charge is 2.32. The van der Waals surface area contributed by atoms with Crippen molar-refractivity contribution in [2.45, 2.75) is 25.8 Å². The van der Waals surface area contributed by atoms with E-state index >= 15 is 0 Å². The molecule has 1 aromatic carbocycles. The third kappa shape index (κ3) is 1.53. The topological polar surface area (TPSA) is 41.8 Å². The van der Waals surface area contributed by atoms with E-state index in [0.29, 0.717) is 5.92 Å². The van der Waals surface area contributed by atoms with Gasteiger partial charge in [0.25, 0.3) is 0 Å². The smallest absolute Gasteiger partial charge is 0.0460 e. The zero-order valence-corrected chi connectivity index (χ0v) is 10.0. The second-order valence-corrected chi connectivity index (χ2v) is 5.15. The summed E-state index contributed by atoms with van der Waals surface area (Å²) in [6.45, 7) is 2.09. The van der Waals surface area contributed by atoms with Gasteiger partial charge in [0.1, 0.15) is 0 Å². The van der Waals surface area contributed by atoms with E-state index in [2.05, 4.69) is 11.9 Å². The maximum atomic E-state index is 6.30. The van der Waals surface area contributed by atoms with Crippen LogP contribution in [-0.4, -0.2) is 4.98 Å². The Morgan fingerprint density at radius 1 is 1.44 bits per heavy atom. The maximum absolute atomic E-state index is 6.30. The number of nitrogens with one attached hydrogen (secondary N) is 1. The Labute approximate surface area is 99.8 Å². The van der Waals surface area contributed by atoms with Crippen LogP contribution in [0.15, 0.2) is 18.2 Å². The Kier molecular flexibility index (Phi) is 2.23. The molecule has 0 aliphatic heterocycles. The molecule has 1 saturated carbocycles. The molecule has 2 nitrogen and oxygen atoms in total. The molecule has 0 saturated heterocycles. The number of H-pyrrole nitrogens is 1. The van der Waals surface area contributed by atoms with Gasteiger partial charge < -0.3 is 10.7 Å². The first-order valence-corrected chi connectivity index (χ1v) is 6.08. The number of nitrogens with two attached hydrogens (primary N) is 1. The van der Waals surface area contributed by atoms with Crippen LogP contribution in [0.4, 0.5) is 0 Å². The molecule has 1 aromatic heterocycles. The summed E-state index contributed by atoms with van der Waals surface area (Å²) in [5.74, 6) is 0.664. The predicted octanol–water partition coefficient (Wildman–Crippen LogP) is 3.54. The van der Waals surface area contributed by atoms with Crippen LogP contribution in [0.3, 0.4) is 0 Å². The van der Waals surface area contributed by atoms with Crippen molar-refractivity contribution < 1.29 is 0 Å². The second-order valence-electron chi connectivity index (χ2n) is 4.72. The summed E-state index contributed by atoms with van der Waals surface area (Å²) in [6, 6.07) is 6.10. The quantitative estimate of drug-likeness (QED) is 0.820. The fraction of sp³-hybridized carbons (Fsp3) is 0.385. The predicted molar refractivity (Wildman–Crippen MR) is 67.7 cm³/mol. The van der Waals surface area contributed by atoms with Gasteiger partial charge in [0.2, 0.25) is 0 Å². The van der Waals surface area contributed by atoms with Crippen molar-refractivity contribution in [2.24, 2.45) is 11.7 Å². The Morgan fingerprint density at radius 3 is 2.88 bits per heavy atom. The van der Waals surface area contributed by atoms with E-state index in [1.165, 1.54) is 29.5 Å². The molecule has 1 fully saturated rings. The van der Waals surface area contributed by atoms with Gasteiger partial charge in [0.15, 0.2) is 0 Å². The molecule has 1 heterocycles. The second kappa shape index (κ2) is 3.51. The number of hydrogen-bond acceptors (Lipinski definition) is 1. The highest BCUT2D eigenvalue weighted by molar-refractivity contribution is 6.31. The van der Waals surface area contributed by atoms with Gasteiger partial charge in [0.05, 0.1) is 0 Å². The van der Waals surface area contributed by atoms with Gasteiger partial charge in [-0.3, -0.25) is 0 Å². The molecule has 16 heavy (non-hydrogen) atoms. The van der Waals surface area contributed by atoms with Crippen molar-refractivity contribution in [3.63, 3.8) is 0 Å². The molecule has 0 amide bonds. The zero-order valence-electron chi connectivity index (χ0n) is 9.26. The van der Waals surface area contributed by atoms with E-state index < -0.39 is 0 Å². The van der Waals surface area contributed by atoms with Gasteiger partial charge in [-0.15, -0.1) is 0 Å². The lowest BCUT2D eigenvalue weighted by Gasteiger charge is -2.10. The Hall–Kier alpha value is -0.990. The molecule has 2 aromatic rings. The average Bonchev–Trinajstić information content (AvgIpc) is 3.01. The van der Waals surface area contributed by atoms with Crippen LogP contribution in [0, 0.1) is 12.8 Å². The van der Waals surface area contributed by atoms with Gasteiger partial charge in [-0.2, -0.15) is 0 Å². The molecule has 1 aliphatic rings. The molecule has 3 heteroatoms. The number of halogens is 1. The van der Waals surface area contributed by atoms with E-state index in [1.807, 2.05) is 18.2 Å². The van der Waals surface area contributed by atoms with Gasteiger partial charge in [-0.1, -0.05) is 11.6 Å². The van der Waals surface area contributed by atoms with Crippen LogP contribution in [0.25, 0.3) is 10.9 Å². The average molecular weight is 235 g/mol. The Balaban J connectivity index is 2.20. The molecule has 3 N–H and O–H groups in total. The molecule has 3 rings (SSSR count). The lowest BCUT2D eigenvalue weighted by Crippen LogP contribution is -2.13. The van der Waals surface area contributed by atoms with Crippen LogP contribution in [0.2, 0.25) is 5.02 Å². The lowest BCUT2D eigenvalue weighted by molar-refractivity contribution is 0.634. The van der Waals surface area contributed by atoms with Crippen LogP contribution < -0.4 is 5.73 Å². The highest BCUT2D eigenvalue weighted by Crippen LogP contribution is 2.42. The van der Waals surface area contributed by atoms with Crippen molar-refractivity contribution in [3.8, 4) is 0 Å². The monoisotopic (exact) mass is 234 g/mol. The summed E-state index contributed by atoms with van der Waals surface area (Å²) >= 11 is 6.05. The fourth-order valence-corrected chi connectivity index (χ4v) is 2.61. The van der Waals surface area contributed by atoms with E-state index in [-0.39, 0.29) is 6.04 Å². The third-order valence-electron chi connectivity index (χ3n) is 3.46. The summed E-state index contributed by atoms with van der Waals surface area (Å²) in [4.78, 5) is 3.38. The van der Waals surface area contributed by atoms with Gasteiger partial charge in [-0.05, 0) is 49.4 Å². The summed E-state index contributed by atoms with van der Waals surface area (Å²) in [7, 11) is 0. The molecule has 0 bridgehead atoms. The molecule has 84 valence electrons. The van der Waals surface area contributed by atoms with Crippen molar-refractivity contribution in [2.75, 3.05) is 0 Å². The molecule has 1 atom stereocenters. The molecular formula is C13H15ClN2. The summed E-state index contributed by atoms with van der Waals surface area (Å²) in [5.41, 5.74) is 9.86. The normalized spacial score (nSPS) is 17.9. The minimum Gasteiger partial charge on any atom is -0.358 e. The Bertz CT molecular complexity index is 540. The van der Waals surface area contributed by atoms with Gasteiger partial charge in [0, 0.05) is 27.7 Å². The lowest BCUT2D eigenvalue weighted by atomic mass is 10.00. The van der Waals surface area contributed by atoms with E-state index in [4.69, 9.17) is 17.3 Å². The summed E-state index contributed by atoms with van der Waals surface area (Å²) in [5, 5.41) is 1.96. The first-order valence-electron chi connectivity index (χ1n) is 5.70. The Morgan fingerprint density at radius 2 is 2.19 bits per heavy atom. The molecular weight excluding hydrogens is 220 g/mol. The van der Waals surface area contributed by atoms with Crippen LogP contribution >= 0.6 is 11.6 Å². The van der Waals surface area contributed by atoms with Crippen molar-refractivity contribution in [1.29, 1.82) is 0 Å². The number of hydrogen-bond donors (Lipinski definition) is 2. The van der Waals surface area contributed by atoms with Crippen LogP contribution in [-0.2, 0) is 0 Å². The van der Waals surface area contributed by atoms with Crippen LogP contribution in [0.1, 0.15) is 30.1 Å². The van der Waals surface area contributed by atoms with E-state index in [1.54, 1.807) is 0 Å². The SMILES string of the molecule is Cc1[nH]c2ccc(Cl)cc2c1C(N)C1CC1. The minimum atomic E-state index is 0.159. The van der Waals surface area contributed by atoms with Crippen molar-refractivity contribution in [1.82, 2.24) is 4.98 Å². The van der Waals surface area contributed by atoms with Gasteiger partial charge in [-0.25, -0.2) is 0 Å².